The number of nitrogens with zero attached hydrogens (tertiary/aromatic N) is 3. The number of fused-ring (bicyclic) bond motifs is 3. The average molecular weight is 541 g/mol. The van der Waals surface area contributed by atoms with Crippen LogP contribution in [0.4, 0.5) is 5.95 Å². The molecule has 10 heteroatoms. The van der Waals surface area contributed by atoms with Crippen LogP contribution in [0.25, 0.3) is 22.2 Å². The van der Waals surface area contributed by atoms with Crippen molar-refractivity contribution in [2.45, 2.75) is 13.1 Å². The maximum absolute atomic E-state index is 6.27. The van der Waals surface area contributed by atoms with E-state index in [1.165, 1.54) is 0 Å². The predicted molar refractivity (Wildman–Crippen MR) is 156 cm³/mol. The van der Waals surface area contributed by atoms with Crippen LogP contribution in [0.5, 0.6) is 23.0 Å². The van der Waals surface area contributed by atoms with Gasteiger partial charge in [0.15, 0.2) is 0 Å². The zero-order valence-electron chi connectivity index (χ0n) is 22.9. The van der Waals surface area contributed by atoms with Crippen molar-refractivity contribution in [3.8, 4) is 23.0 Å². The second-order valence-corrected chi connectivity index (χ2v) is 8.96. The number of anilines is 1. The van der Waals surface area contributed by atoms with E-state index < -0.39 is 0 Å². The smallest absolute Gasteiger partial charge is 0.209 e. The third-order valence-corrected chi connectivity index (χ3v) is 6.56. The quantitative estimate of drug-likeness (QED) is 0.221. The first-order chi connectivity index (χ1) is 19.5. The zero-order chi connectivity index (χ0) is 28.1. The van der Waals surface area contributed by atoms with Gasteiger partial charge in [0.1, 0.15) is 34.2 Å². The zero-order valence-corrected chi connectivity index (χ0v) is 22.9. The van der Waals surface area contributed by atoms with Gasteiger partial charge in [0, 0.05) is 36.0 Å². The highest BCUT2D eigenvalue weighted by Gasteiger charge is 2.15. The Labute approximate surface area is 232 Å². The SMILES string of the molecule is COc1ccc(/C(N)=C/NCc2cn3c(NCc4ccc(OC)cc4OC)nc4c(OC)cccc4c3n2)cc1. The highest BCUT2D eigenvalue weighted by Crippen LogP contribution is 2.30. The van der Waals surface area contributed by atoms with Crippen molar-refractivity contribution in [3.05, 3.63) is 89.9 Å². The summed E-state index contributed by atoms with van der Waals surface area (Å²) in [5.41, 5.74) is 11.0. The van der Waals surface area contributed by atoms with Gasteiger partial charge in [-0.1, -0.05) is 6.07 Å². The van der Waals surface area contributed by atoms with Gasteiger partial charge in [-0.25, -0.2) is 9.97 Å². The summed E-state index contributed by atoms with van der Waals surface area (Å²) >= 11 is 0. The third-order valence-electron chi connectivity index (χ3n) is 6.56. The van der Waals surface area contributed by atoms with Crippen molar-refractivity contribution in [1.29, 1.82) is 0 Å². The largest absolute Gasteiger partial charge is 0.497 e. The van der Waals surface area contributed by atoms with Gasteiger partial charge in [0.05, 0.1) is 46.4 Å². The van der Waals surface area contributed by atoms with Crippen LogP contribution in [0.3, 0.4) is 0 Å². The molecular formula is C30H32N6O4. The summed E-state index contributed by atoms with van der Waals surface area (Å²) < 4.78 is 23.7. The maximum atomic E-state index is 6.27. The lowest BCUT2D eigenvalue weighted by Crippen LogP contribution is -2.09. The minimum absolute atomic E-state index is 0.468. The summed E-state index contributed by atoms with van der Waals surface area (Å²) in [6.07, 6.45) is 3.74. The van der Waals surface area contributed by atoms with Crippen LogP contribution >= 0.6 is 0 Å². The van der Waals surface area contributed by atoms with E-state index in [4.69, 9.17) is 34.6 Å². The molecule has 0 aliphatic carbocycles. The summed E-state index contributed by atoms with van der Waals surface area (Å²) in [4.78, 5) is 9.83. The van der Waals surface area contributed by atoms with Crippen LogP contribution in [0.2, 0.25) is 0 Å². The number of hydrogen-bond donors (Lipinski definition) is 3. The molecule has 40 heavy (non-hydrogen) atoms. The molecule has 5 aromatic rings. The number of hydrogen-bond acceptors (Lipinski definition) is 9. The number of imidazole rings is 1. The van der Waals surface area contributed by atoms with E-state index in [1.807, 2.05) is 71.3 Å². The number of benzene rings is 3. The fourth-order valence-corrected chi connectivity index (χ4v) is 4.44. The van der Waals surface area contributed by atoms with Crippen molar-refractivity contribution in [3.63, 3.8) is 0 Å². The number of nitrogens with one attached hydrogen (secondary N) is 2. The average Bonchev–Trinajstić information content (AvgIpc) is 3.44. The molecule has 0 radical (unpaired) electrons. The van der Waals surface area contributed by atoms with E-state index in [0.717, 1.165) is 50.6 Å². The van der Waals surface area contributed by atoms with E-state index >= 15 is 0 Å². The van der Waals surface area contributed by atoms with Crippen LogP contribution in [-0.2, 0) is 13.1 Å². The van der Waals surface area contributed by atoms with Crippen LogP contribution < -0.4 is 35.3 Å². The second-order valence-electron chi connectivity index (χ2n) is 8.96. The lowest BCUT2D eigenvalue weighted by atomic mass is 10.1. The van der Waals surface area contributed by atoms with Crippen molar-refractivity contribution in [2.24, 2.45) is 5.73 Å². The van der Waals surface area contributed by atoms with Crippen molar-refractivity contribution >= 4 is 28.2 Å². The normalized spacial score (nSPS) is 11.4. The van der Waals surface area contributed by atoms with Gasteiger partial charge < -0.3 is 35.3 Å². The number of methoxy groups -OCH3 is 4. The van der Waals surface area contributed by atoms with Crippen molar-refractivity contribution in [2.75, 3.05) is 33.8 Å². The number of ether oxygens (including phenoxy) is 4. The molecule has 10 nitrogen and oxygen atoms in total. The van der Waals surface area contributed by atoms with E-state index in [9.17, 15) is 0 Å². The Bertz CT molecular complexity index is 1660. The predicted octanol–water partition coefficient (Wildman–Crippen LogP) is 4.58. The molecule has 3 aromatic carbocycles. The number of aromatic nitrogens is 3. The molecule has 2 heterocycles. The minimum Gasteiger partial charge on any atom is -0.497 e. The highest BCUT2D eigenvalue weighted by atomic mass is 16.5. The Morgan fingerprint density at radius 2 is 1.60 bits per heavy atom. The van der Waals surface area contributed by atoms with Crippen LogP contribution in [0.1, 0.15) is 16.8 Å². The number of nitrogens with two attached hydrogens (primary N) is 1. The van der Waals surface area contributed by atoms with E-state index in [0.29, 0.717) is 30.5 Å². The molecule has 0 atom stereocenters. The first-order valence-electron chi connectivity index (χ1n) is 12.7. The van der Waals surface area contributed by atoms with Gasteiger partial charge in [-0.15, -0.1) is 0 Å². The fraction of sp³-hybridized carbons (Fsp3) is 0.200. The molecule has 0 saturated heterocycles. The summed E-state index contributed by atoms with van der Waals surface area (Å²) in [6.45, 7) is 0.943. The molecule has 4 N–H and O–H groups in total. The Morgan fingerprint density at radius 3 is 2.33 bits per heavy atom. The molecular weight excluding hydrogens is 508 g/mol. The van der Waals surface area contributed by atoms with Gasteiger partial charge in [-0.05, 0) is 54.1 Å². The van der Waals surface area contributed by atoms with E-state index in [1.54, 1.807) is 34.6 Å². The summed E-state index contributed by atoms with van der Waals surface area (Å²) in [5, 5.41) is 7.61. The molecule has 0 unspecified atom stereocenters. The van der Waals surface area contributed by atoms with Gasteiger partial charge in [-0.2, -0.15) is 0 Å². The highest BCUT2D eigenvalue weighted by molar-refractivity contribution is 5.96. The second kappa shape index (κ2) is 11.7. The summed E-state index contributed by atoms with van der Waals surface area (Å²) in [6, 6.07) is 19.1. The summed E-state index contributed by atoms with van der Waals surface area (Å²) in [7, 11) is 6.54. The van der Waals surface area contributed by atoms with Crippen LogP contribution in [0.15, 0.2) is 73.1 Å². The van der Waals surface area contributed by atoms with E-state index in [2.05, 4.69) is 10.6 Å². The molecule has 0 aliphatic rings. The molecule has 0 saturated carbocycles. The van der Waals surface area contributed by atoms with Crippen LogP contribution in [-0.4, -0.2) is 42.8 Å². The first-order valence-corrected chi connectivity index (χ1v) is 12.7. The number of para-hydroxylation sites is 1. The summed E-state index contributed by atoms with van der Waals surface area (Å²) in [5.74, 6) is 3.52. The van der Waals surface area contributed by atoms with Gasteiger partial charge in [-0.3, -0.25) is 4.40 Å². The Kier molecular flexibility index (Phi) is 7.77. The standard InChI is InChI=1S/C30H32N6O4/c1-37-22-11-8-19(9-12-22)25(31)17-32-16-21-18-36-29(34-21)24-6-5-7-26(39-3)28(24)35-30(36)33-15-20-10-13-23(38-2)14-27(20)40-4/h5-14,17-18,32H,15-16,31H2,1-4H3,(H,33,35)/b25-17-. The lowest BCUT2D eigenvalue weighted by Gasteiger charge is -2.14. The molecule has 0 amide bonds. The molecule has 0 fully saturated rings. The fourth-order valence-electron chi connectivity index (χ4n) is 4.44. The molecule has 0 bridgehead atoms. The van der Waals surface area contributed by atoms with Gasteiger partial charge in [0.2, 0.25) is 5.95 Å². The molecule has 0 aliphatic heterocycles. The van der Waals surface area contributed by atoms with Crippen molar-refractivity contribution in [1.82, 2.24) is 19.7 Å². The lowest BCUT2D eigenvalue weighted by molar-refractivity contribution is 0.391. The van der Waals surface area contributed by atoms with E-state index in [-0.39, 0.29) is 0 Å². The first kappa shape index (κ1) is 26.5. The monoisotopic (exact) mass is 540 g/mol. The third kappa shape index (κ3) is 5.37. The molecule has 206 valence electrons. The number of rotatable bonds is 11. The topological polar surface area (TPSA) is 117 Å². The maximum Gasteiger partial charge on any atom is 0.209 e. The molecule has 0 spiro atoms. The van der Waals surface area contributed by atoms with Crippen molar-refractivity contribution < 1.29 is 18.9 Å². The molecule has 5 rings (SSSR count). The Balaban J connectivity index is 1.44. The minimum atomic E-state index is 0.468. The molecule has 2 aromatic heterocycles. The Morgan fingerprint density at radius 1 is 0.850 bits per heavy atom. The van der Waals surface area contributed by atoms with Gasteiger partial charge >= 0.3 is 0 Å². The Hall–Kier alpha value is -5.12. The van der Waals surface area contributed by atoms with Crippen LogP contribution in [0, 0.1) is 0 Å². The van der Waals surface area contributed by atoms with Gasteiger partial charge in [0.25, 0.3) is 0 Å².